The summed E-state index contributed by atoms with van der Waals surface area (Å²) in [7, 11) is 0. The molecule has 6 nitrogen and oxygen atoms in total. The molecule has 2 aliphatic rings. The minimum atomic E-state index is -1.63. The Hall–Kier alpha value is -3.41. The molecule has 40 heavy (non-hydrogen) atoms. The molecule has 0 spiro atoms. The van der Waals surface area contributed by atoms with Crippen molar-refractivity contribution in [2.24, 2.45) is 23.0 Å². The Balaban J connectivity index is 1.88. The zero-order valence-electron chi connectivity index (χ0n) is 22.3. The third-order valence-electron chi connectivity index (χ3n) is 7.55. The van der Waals surface area contributed by atoms with Crippen LogP contribution >= 0.6 is 23.2 Å². The van der Waals surface area contributed by atoms with Crippen LogP contribution in [0.3, 0.4) is 0 Å². The van der Waals surface area contributed by atoms with Crippen molar-refractivity contribution in [2.75, 3.05) is 11.9 Å². The highest BCUT2D eigenvalue weighted by Gasteiger charge is 2.61. The van der Waals surface area contributed by atoms with E-state index in [0.29, 0.717) is 12.1 Å². The number of hydrogen-bond donors (Lipinski definition) is 2. The highest BCUT2D eigenvalue weighted by molar-refractivity contribution is 6.31. The number of hydrogen-bond acceptors (Lipinski definition) is 3. The maximum atomic E-state index is 15.8. The van der Waals surface area contributed by atoms with Crippen molar-refractivity contribution in [3.8, 4) is 6.07 Å². The molecular formula is C30H30Cl2F2N4O2. The summed E-state index contributed by atoms with van der Waals surface area (Å²) in [5.74, 6) is -3.54. The summed E-state index contributed by atoms with van der Waals surface area (Å²) in [4.78, 5) is 26.7. The van der Waals surface area contributed by atoms with E-state index in [-0.39, 0.29) is 39.6 Å². The standard InChI is InChI=1S/C30H30Cl2F2N4O2/c1-29(2,3)14-18-15-38(28(40)37-20-10-7-17(8-11-20)27(36)39)26(21-5-4-6-23(32)25(21)34)30(18,16-35)22-12-9-19(31)13-24(22)33/h4,6-13,18,21,26H,5,14-15H2,1-3H3,(H2,36,39)(H,37,40)/t18-,21?,26-,30-/m1/s1. The van der Waals surface area contributed by atoms with Gasteiger partial charge < -0.3 is 16.0 Å². The second-order valence-electron chi connectivity index (χ2n) is 11.5. The van der Waals surface area contributed by atoms with Crippen LogP contribution in [0.15, 0.2) is 65.5 Å². The Bertz CT molecular complexity index is 1430. The Morgan fingerprint density at radius 2 is 1.85 bits per heavy atom. The fraction of sp³-hybridized carbons (Fsp3) is 0.367. The third kappa shape index (κ3) is 5.59. The number of nitrogens with zero attached hydrogens (tertiary/aromatic N) is 2. The average molecular weight is 587 g/mol. The van der Waals surface area contributed by atoms with Crippen LogP contribution in [0.25, 0.3) is 0 Å². The summed E-state index contributed by atoms with van der Waals surface area (Å²) < 4.78 is 31.5. The zero-order valence-corrected chi connectivity index (χ0v) is 23.9. The van der Waals surface area contributed by atoms with Crippen LogP contribution in [0.5, 0.6) is 0 Å². The molecule has 2 aromatic rings. The fourth-order valence-electron chi connectivity index (χ4n) is 5.97. The fourth-order valence-corrected chi connectivity index (χ4v) is 6.36. The van der Waals surface area contributed by atoms with Gasteiger partial charge in [-0.05, 0) is 60.7 Å². The lowest BCUT2D eigenvalue weighted by molar-refractivity contribution is 0.1000. The van der Waals surface area contributed by atoms with E-state index in [4.69, 9.17) is 28.9 Å². The van der Waals surface area contributed by atoms with Crippen LogP contribution in [0.4, 0.5) is 19.3 Å². The number of likely N-dealkylation sites (tertiary alicyclic amines) is 1. The smallest absolute Gasteiger partial charge is 0.322 e. The molecule has 1 unspecified atom stereocenters. The number of allylic oxidation sites excluding steroid dienone is 3. The van der Waals surface area contributed by atoms with E-state index in [9.17, 15) is 14.9 Å². The number of primary amides is 1. The minimum absolute atomic E-state index is 0.0539. The Labute approximate surface area is 242 Å². The van der Waals surface area contributed by atoms with E-state index < -0.39 is 46.9 Å². The van der Waals surface area contributed by atoms with Crippen LogP contribution in [-0.4, -0.2) is 29.4 Å². The zero-order chi connectivity index (χ0) is 29.4. The van der Waals surface area contributed by atoms with Gasteiger partial charge in [-0.15, -0.1) is 0 Å². The van der Waals surface area contributed by atoms with Gasteiger partial charge in [0.05, 0.1) is 17.1 Å². The van der Waals surface area contributed by atoms with Crippen molar-refractivity contribution >= 4 is 40.8 Å². The van der Waals surface area contributed by atoms with Gasteiger partial charge in [-0.25, -0.2) is 13.6 Å². The first kappa shape index (κ1) is 29.6. The van der Waals surface area contributed by atoms with Crippen molar-refractivity contribution in [1.29, 1.82) is 5.26 Å². The normalized spacial score (nSPS) is 24.6. The van der Waals surface area contributed by atoms with Gasteiger partial charge in [-0.3, -0.25) is 4.79 Å². The molecule has 1 heterocycles. The molecule has 10 heteroatoms. The summed E-state index contributed by atoms with van der Waals surface area (Å²) >= 11 is 12.3. The molecule has 0 radical (unpaired) electrons. The number of amides is 3. The van der Waals surface area contributed by atoms with Crippen LogP contribution in [-0.2, 0) is 5.41 Å². The van der Waals surface area contributed by atoms with Crippen LogP contribution in [0, 0.1) is 34.4 Å². The molecule has 0 bridgehead atoms. The molecular weight excluding hydrogens is 557 g/mol. The molecule has 4 rings (SSSR count). The van der Waals surface area contributed by atoms with Gasteiger partial charge in [0.15, 0.2) is 0 Å². The lowest BCUT2D eigenvalue weighted by atomic mass is 9.62. The van der Waals surface area contributed by atoms with Crippen molar-refractivity contribution in [3.05, 3.63) is 87.4 Å². The number of nitrogens with one attached hydrogen (secondary N) is 1. The number of rotatable bonds is 5. The molecule has 1 aliphatic heterocycles. The molecule has 3 amide bonds. The predicted octanol–water partition coefficient (Wildman–Crippen LogP) is 7.30. The minimum Gasteiger partial charge on any atom is -0.366 e. The number of carbonyl (C=O) groups is 2. The van der Waals surface area contributed by atoms with Gasteiger partial charge in [-0.2, -0.15) is 5.26 Å². The van der Waals surface area contributed by atoms with Crippen LogP contribution in [0.2, 0.25) is 5.02 Å². The van der Waals surface area contributed by atoms with E-state index in [1.807, 2.05) is 20.8 Å². The van der Waals surface area contributed by atoms with E-state index in [1.54, 1.807) is 6.08 Å². The Morgan fingerprint density at radius 1 is 1.18 bits per heavy atom. The van der Waals surface area contributed by atoms with Gasteiger partial charge >= 0.3 is 6.03 Å². The third-order valence-corrected chi connectivity index (χ3v) is 8.10. The highest BCUT2D eigenvalue weighted by Crippen LogP contribution is 2.54. The molecule has 1 saturated heterocycles. The van der Waals surface area contributed by atoms with Gasteiger partial charge in [0, 0.05) is 40.2 Å². The second kappa shape index (κ2) is 11.2. The van der Waals surface area contributed by atoms with Crippen molar-refractivity contribution < 1.29 is 18.4 Å². The molecule has 4 atom stereocenters. The number of carbonyl (C=O) groups excluding carboxylic acids is 2. The van der Waals surface area contributed by atoms with Crippen molar-refractivity contribution in [1.82, 2.24) is 4.90 Å². The number of nitrogens with two attached hydrogens (primary N) is 1. The number of benzene rings is 2. The highest BCUT2D eigenvalue weighted by atomic mass is 35.5. The molecule has 1 aliphatic carbocycles. The Kier molecular flexibility index (Phi) is 8.30. The van der Waals surface area contributed by atoms with E-state index in [2.05, 4.69) is 11.4 Å². The van der Waals surface area contributed by atoms with E-state index in [1.165, 1.54) is 47.4 Å². The lowest BCUT2D eigenvalue weighted by Gasteiger charge is -2.41. The summed E-state index contributed by atoms with van der Waals surface area (Å²) in [6.45, 7) is 6.04. The summed E-state index contributed by atoms with van der Waals surface area (Å²) in [6.07, 6.45) is 3.73. The number of halogens is 4. The quantitative estimate of drug-likeness (QED) is 0.384. The van der Waals surface area contributed by atoms with E-state index in [0.717, 1.165) is 6.07 Å². The summed E-state index contributed by atoms with van der Waals surface area (Å²) in [5.41, 5.74) is 4.07. The first-order chi connectivity index (χ1) is 18.8. The van der Waals surface area contributed by atoms with Gasteiger partial charge in [0.2, 0.25) is 5.91 Å². The SMILES string of the molecule is CC(C)(C)C[C@@H]1CN(C(=O)Nc2ccc(C(N)=O)cc2)[C@H](C2CC=CC(Cl)=C2F)[C@@]1(C#N)c1ccc(Cl)cc1F. The summed E-state index contributed by atoms with van der Waals surface area (Å²) in [5, 5.41) is 13.7. The first-order valence-electron chi connectivity index (χ1n) is 12.8. The molecule has 0 saturated carbocycles. The second-order valence-corrected chi connectivity index (χ2v) is 12.3. The van der Waals surface area contributed by atoms with Gasteiger partial charge in [0.1, 0.15) is 17.1 Å². The van der Waals surface area contributed by atoms with Gasteiger partial charge in [0.25, 0.3) is 0 Å². The Morgan fingerprint density at radius 3 is 2.42 bits per heavy atom. The molecule has 1 fully saturated rings. The van der Waals surface area contributed by atoms with Crippen LogP contribution in [0.1, 0.15) is 49.5 Å². The summed E-state index contributed by atoms with van der Waals surface area (Å²) in [6, 6.07) is 10.7. The topological polar surface area (TPSA) is 99.2 Å². The van der Waals surface area contributed by atoms with Crippen molar-refractivity contribution in [3.63, 3.8) is 0 Å². The molecule has 0 aromatic heterocycles. The number of nitriles is 1. The van der Waals surface area contributed by atoms with Crippen LogP contribution < -0.4 is 11.1 Å². The lowest BCUT2D eigenvalue weighted by Crippen LogP contribution is -2.52. The number of anilines is 1. The van der Waals surface area contributed by atoms with Gasteiger partial charge in [-0.1, -0.05) is 56.1 Å². The molecule has 3 N–H and O–H groups in total. The number of urea groups is 1. The molecule has 210 valence electrons. The van der Waals surface area contributed by atoms with E-state index >= 15 is 8.78 Å². The van der Waals surface area contributed by atoms with Crippen molar-refractivity contribution in [2.45, 2.75) is 45.1 Å². The predicted molar refractivity (Wildman–Crippen MR) is 152 cm³/mol. The largest absolute Gasteiger partial charge is 0.366 e. The first-order valence-corrected chi connectivity index (χ1v) is 13.6. The monoisotopic (exact) mass is 586 g/mol. The maximum absolute atomic E-state index is 15.8. The average Bonchev–Trinajstić information content (AvgIpc) is 3.19. The maximum Gasteiger partial charge on any atom is 0.322 e. The molecule has 2 aromatic carbocycles.